The highest BCUT2D eigenvalue weighted by atomic mass is 16.5. The van der Waals surface area contributed by atoms with Crippen LogP contribution in [0.25, 0.3) is 0 Å². The lowest BCUT2D eigenvalue weighted by atomic mass is 9.97. The second-order valence-electron chi connectivity index (χ2n) is 5.68. The van der Waals surface area contributed by atoms with E-state index >= 15 is 0 Å². The fraction of sp³-hybridized carbons (Fsp3) is 0.588. The van der Waals surface area contributed by atoms with Gasteiger partial charge in [-0.1, -0.05) is 25.5 Å². The van der Waals surface area contributed by atoms with Crippen LogP contribution in [0.2, 0.25) is 0 Å². The molecule has 0 radical (unpaired) electrons. The summed E-state index contributed by atoms with van der Waals surface area (Å²) < 4.78 is 5.59. The minimum Gasteiger partial charge on any atom is -0.494 e. The highest BCUT2D eigenvalue weighted by Crippen LogP contribution is 2.29. The third-order valence-corrected chi connectivity index (χ3v) is 4.16. The van der Waals surface area contributed by atoms with Crippen molar-refractivity contribution in [3.63, 3.8) is 0 Å². The Balaban J connectivity index is 2.07. The van der Waals surface area contributed by atoms with E-state index in [-0.39, 0.29) is 12.1 Å². The highest BCUT2D eigenvalue weighted by molar-refractivity contribution is 5.73. The molecule has 1 aliphatic heterocycles. The summed E-state index contributed by atoms with van der Waals surface area (Å²) >= 11 is 0. The van der Waals surface area contributed by atoms with E-state index in [2.05, 4.69) is 18.7 Å². The van der Waals surface area contributed by atoms with E-state index in [9.17, 15) is 9.90 Å². The zero-order valence-corrected chi connectivity index (χ0v) is 12.9. The molecule has 4 nitrogen and oxygen atoms in total. The number of aliphatic carboxylic acids is 1. The molecule has 0 saturated carbocycles. The summed E-state index contributed by atoms with van der Waals surface area (Å²) in [5, 5.41) is 9.38. The van der Waals surface area contributed by atoms with Gasteiger partial charge in [-0.3, -0.25) is 9.69 Å². The van der Waals surface area contributed by atoms with Gasteiger partial charge in [0.15, 0.2) is 0 Å². The molecule has 0 spiro atoms. The van der Waals surface area contributed by atoms with Gasteiger partial charge in [0.1, 0.15) is 11.8 Å². The fourth-order valence-electron chi connectivity index (χ4n) is 2.94. The molecule has 0 bridgehead atoms. The number of benzene rings is 1. The third-order valence-electron chi connectivity index (χ3n) is 4.16. The van der Waals surface area contributed by atoms with E-state index in [0.717, 1.165) is 50.1 Å². The number of rotatable bonds is 6. The monoisotopic (exact) mass is 291 g/mol. The van der Waals surface area contributed by atoms with Gasteiger partial charge in [0.05, 0.1) is 6.61 Å². The molecule has 1 heterocycles. The maximum atomic E-state index is 11.4. The van der Waals surface area contributed by atoms with Crippen molar-refractivity contribution < 1.29 is 14.6 Å². The number of piperidine rings is 1. The molecule has 1 saturated heterocycles. The molecular weight excluding hydrogens is 266 g/mol. The predicted molar refractivity (Wildman–Crippen MR) is 82.6 cm³/mol. The first kappa shape index (κ1) is 15.8. The van der Waals surface area contributed by atoms with Crippen LogP contribution in [0.4, 0.5) is 0 Å². The van der Waals surface area contributed by atoms with Gasteiger partial charge in [-0.2, -0.15) is 0 Å². The van der Waals surface area contributed by atoms with Gasteiger partial charge in [-0.05, 0) is 50.4 Å². The van der Waals surface area contributed by atoms with Crippen LogP contribution in [0, 0.1) is 0 Å². The number of carboxylic acids is 1. The van der Waals surface area contributed by atoms with Crippen LogP contribution in [0.5, 0.6) is 5.75 Å². The Kier molecular flexibility index (Phi) is 5.62. The van der Waals surface area contributed by atoms with Crippen molar-refractivity contribution in [1.82, 2.24) is 4.90 Å². The Hall–Kier alpha value is -1.55. The average molecular weight is 291 g/mol. The maximum absolute atomic E-state index is 11.4. The first-order valence-corrected chi connectivity index (χ1v) is 7.84. The molecule has 21 heavy (non-hydrogen) atoms. The van der Waals surface area contributed by atoms with Crippen molar-refractivity contribution in [2.75, 3.05) is 13.2 Å². The van der Waals surface area contributed by atoms with Crippen LogP contribution in [0.1, 0.15) is 51.1 Å². The number of hydrogen-bond donors (Lipinski definition) is 1. The van der Waals surface area contributed by atoms with Crippen LogP contribution >= 0.6 is 0 Å². The van der Waals surface area contributed by atoms with Gasteiger partial charge in [0.25, 0.3) is 0 Å². The van der Waals surface area contributed by atoms with E-state index < -0.39 is 5.97 Å². The van der Waals surface area contributed by atoms with Crippen LogP contribution in [0.3, 0.4) is 0 Å². The maximum Gasteiger partial charge on any atom is 0.320 e. The minimum atomic E-state index is -0.704. The molecule has 0 aromatic heterocycles. The molecule has 1 aromatic carbocycles. The SMILES string of the molecule is CCCOc1ccc(C(C)N2CCCCC2C(=O)O)cc1. The molecule has 1 aromatic rings. The van der Waals surface area contributed by atoms with Crippen LogP contribution in [-0.4, -0.2) is 35.2 Å². The lowest BCUT2D eigenvalue weighted by molar-refractivity contribution is -0.145. The number of carboxylic acid groups (broad SMARTS) is 1. The molecular formula is C17H25NO3. The van der Waals surface area contributed by atoms with Gasteiger partial charge in [-0.25, -0.2) is 0 Å². The normalized spacial score (nSPS) is 21.0. The van der Waals surface area contributed by atoms with Crippen molar-refractivity contribution in [3.8, 4) is 5.75 Å². The van der Waals surface area contributed by atoms with Crippen molar-refractivity contribution in [1.29, 1.82) is 0 Å². The van der Waals surface area contributed by atoms with Crippen molar-refractivity contribution in [2.24, 2.45) is 0 Å². The van der Waals surface area contributed by atoms with Crippen LogP contribution < -0.4 is 4.74 Å². The molecule has 2 rings (SSSR count). The van der Waals surface area contributed by atoms with Gasteiger partial charge >= 0.3 is 5.97 Å². The van der Waals surface area contributed by atoms with E-state index in [1.54, 1.807) is 0 Å². The smallest absolute Gasteiger partial charge is 0.320 e. The summed E-state index contributed by atoms with van der Waals surface area (Å²) in [6.45, 7) is 5.75. The van der Waals surface area contributed by atoms with Gasteiger partial charge in [0, 0.05) is 6.04 Å². The summed E-state index contributed by atoms with van der Waals surface area (Å²) in [7, 11) is 0. The molecule has 4 heteroatoms. The zero-order chi connectivity index (χ0) is 15.2. The molecule has 2 unspecified atom stereocenters. The van der Waals surface area contributed by atoms with E-state index in [4.69, 9.17) is 4.74 Å². The van der Waals surface area contributed by atoms with Gasteiger partial charge in [-0.15, -0.1) is 0 Å². The number of ether oxygens (including phenoxy) is 1. The highest BCUT2D eigenvalue weighted by Gasteiger charge is 2.32. The molecule has 1 N–H and O–H groups in total. The Morgan fingerprint density at radius 2 is 2.10 bits per heavy atom. The summed E-state index contributed by atoms with van der Waals surface area (Å²) in [5.74, 6) is 0.172. The summed E-state index contributed by atoms with van der Waals surface area (Å²) in [6, 6.07) is 7.80. The average Bonchev–Trinajstić information content (AvgIpc) is 2.52. The fourth-order valence-corrected chi connectivity index (χ4v) is 2.94. The van der Waals surface area contributed by atoms with E-state index in [1.807, 2.05) is 24.3 Å². The Morgan fingerprint density at radius 1 is 1.38 bits per heavy atom. The van der Waals surface area contributed by atoms with E-state index in [0.29, 0.717) is 0 Å². The topological polar surface area (TPSA) is 49.8 Å². The van der Waals surface area contributed by atoms with Crippen molar-refractivity contribution in [2.45, 2.75) is 51.6 Å². The van der Waals surface area contributed by atoms with Crippen molar-refractivity contribution in [3.05, 3.63) is 29.8 Å². The molecule has 0 amide bonds. The number of nitrogens with zero attached hydrogens (tertiary/aromatic N) is 1. The Morgan fingerprint density at radius 3 is 2.71 bits per heavy atom. The lowest BCUT2D eigenvalue weighted by Crippen LogP contribution is -2.45. The standard InChI is InChI=1S/C17H25NO3/c1-3-12-21-15-9-7-14(8-10-15)13(2)18-11-5-4-6-16(18)17(19)20/h7-10,13,16H,3-6,11-12H2,1-2H3,(H,19,20). The number of carbonyl (C=O) groups is 1. The molecule has 1 aliphatic rings. The summed E-state index contributed by atoms with van der Waals surface area (Å²) in [5.41, 5.74) is 1.15. The largest absolute Gasteiger partial charge is 0.494 e. The van der Waals surface area contributed by atoms with Gasteiger partial charge < -0.3 is 9.84 Å². The zero-order valence-electron chi connectivity index (χ0n) is 12.9. The summed E-state index contributed by atoms with van der Waals surface area (Å²) in [4.78, 5) is 13.5. The Labute approximate surface area is 126 Å². The second-order valence-corrected chi connectivity index (χ2v) is 5.68. The van der Waals surface area contributed by atoms with Crippen LogP contribution in [0.15, 0.2) is 24.3 Å². The van der Waals surface area contributed by atoms with Gasteiger partial charge in [0.2, 0.25) is 0 Å². The molecule has 2 atom stereocenters. The molecule has 1 fully saturated rings. The quantitative estimate of drug-likeness (QED) is 0.872. The second kappa shape index (κ2) is 7.46. The van der Waals surface area contributed by atoms with Crippen LogP contribution in [-0.2, 0) is 4.79 Å². The first-order chi connectivity index (χ1) is 10.1. The lowest BCUT2D eigenvalue weighted by Gasteiger charge is -2.37. The summed E-state index contributed by atoms with van der Waals surface area (Å²) in [6.07, 6.45) is 3.82. The Bertz CT molecular complexity index is 458. The third kappa shape index (κ3) is 3.97. The predicted octanol–water partition coefficient (Wildman–Crippen LogP) is 3.48. The number of likely N-dealkylation sites (tertiary alicyclic amines) is 1. The molecule has 0 aliphatic carbocycles. The minimum absolute atomic E-state index is 0.117. The van der Waals surface area contributed by atoms with E-state index in [1.165, 1.54) is 0 Å². The first-order valence-electron chi connectivity index (χ1n) is 7.84. The van der Waals surface area contributed by atoms with Crippen molar-refractivity contribution >= 4 is 5.97 Å². The number of hydrogen-bond acceptors (Lipinski definition) is 3. The molecule has 116 valence electrons.